The van der Waals surface area contributed by atoms with Crippen LogP contribution >= 0.6 is 12.4 Å². The number of piperazine rings is 1. The molecule has 0 radical (unpaired) electrons. The van der Waals surface area contributed by atoms with Crippen molar-refractivity contribution in [3.8, 4) is 0 Å². The molecule has 0 aromatic heterocycles. The molecule has 0 aromatic carbocycles. The highest BCUT2D eigenvalue weighted by molar-refractivity contribution is 5.87. The highest BCUT2D eigenvalue weighted by Gasteiger charge is 2.50. The Morgan fingerprint density at radius 1 is 1.33 bits per heavy atom. The van der Waals surface area contributed by atoms with Gasteiger partial charge in [0.25, 0.3) is 0 Å². The highest BCUT2D eigenvalue weighted by atomic mass is 35.5. The number of nitrogens with two attached hydrogens (primary N) is 1. The van der Waals surface area contributed by atoms with Gasteiger partial charge in [-0.3, -0.25) is 9.59 Å². The summed E-state index contributed by atoms with van der Waals surface area (Å²) in [5, 5.41) is 2.74. The zero-order valence-corrected chi connectivity index (χ0v) is 11.1. The fourth-order valence-electron chi connectivity index (χ4n) is 3.74. The molecule has 102 valence electrons. The number of nitrogens with one attached hydrogen (secondary N) is 1. The Hall–Kier alpha value is -0.810. The van der Waals surface area contributed by atoms with Crippen LogP contribution in [0.1, 0.15) is 19.3 Å². The van der Waals surface area contributed by atoms with Crippen LogP contribution in [-0.2, 0) is 9.59 Å². The van der Waals surface area contributed by atoms with Gasteiger partial charge in [0.15, 0.2) is 0 Å². The van der Waals surface area contributed by atoms with E-state index >= 15 is 0 Å². The van der Waals surface area contributed by atoms with Gasteiger partial charge >= 0.3 is 0 Å². The Labute approximate surface area is 113 Å². The van der Waals surface area contributed by atoms with Crippen molar-refractivity contribution < 1.29 is 9.59 Å². The van der Waals surface area contributed by atoms with Crippen molar-refractivity contribution in [2.45, 2.75) is 25.3 Å². The summed E-state index contributed by atoms with van der Waals surface area (Å²) in [5.74, 6) is 1.03. The number of amides is 2. The number of nitrogens with zero attached hydrogens (tertiary/aromatic N) is 1. The number of fused-ring (bicyclic) bond motifs is 2. The fraction of sp³-hybridized carbons (Fsp3) is 0.833. The Bertz CT molecular complexity index is 361. The van der Waals surface area contributed by atoms with E-state index < -0.39 is 0 Å². The molecule has 4 atom stereocenters. The maximum absolute atomic E-state index is 12.4. The average molecular weight is 274 g/mol. The van der Waals surface area contributed by atoms with E-state index in [1.807, 2.05) is 0 Å². The van der Waals surface area contributed by atoms with Crippen molar-refractivity contribution in [2.75, 3.05) is 19.6 Å². The summed E-state index contributed by atoms with van der Waals surface area (Å²) in [6.07, 6.45) is 3.42. The third-order valence-electron chi connectivity index (χ3n) is 4.62. The predicted molar refractivity (Wildman–Crippen MR) is 69.1 cm³/mol. The van der Waals surface area contributed by atoms with Gasteiger partial charge in [-0.1, -0.05) is 0 Å². The maximum atomic E-state index is 12.4. The summed E-state index contributed by atoms with van der Waals surface area (Å²) in [4.78, 5) is 25.4. The molecule has 18 heavy (non-hydrogen) atoms. The van der Waals surface area contributed by atoms with E-state index in [1.165, 1.54) is 6.42 Å². The van der Waals surface area contributed by atoms with Gasteiger partial charge in [0.05, 0.1) is 12.5 Å². The molecule has 1 aliphatic heterocycles. The lowest BCUT2D eigenvalue weighted by Crippen LogP contribution is -2.54. The molecule has 2 amide bonds. The van der Waals surface area contributed by atoms with Crippen LogP contribution in [0.2, 0.25) is 0 Å². The van der Waals surface area contributed by atoms with Crippen molar-refractivity contribution in [3.63, 3.8) is 0 Å². The number of rotatable bonds is 1. The quantitative estimate of drug-likeness (QED) is 0.691. The third kappa shape index (κ3) is 2.10. The summed E-state index contributed by atoms with van der Waals surface area (Å²) in [6.45, 7) is 1.41. The van der Waals surface area contributed by atoms with Gasteiger partial charge in [-0.2, -0.15) is 0 Å². The van der Waals surface area contributed by atoms with E-state index in [0.29, 0.717) is 24.9 Å². The summed E-state index contributed by atoms with van der Waals surface area (Å²) in [5.41, 5.74) is 6.16. The number of halogens is 1. The Morgan fingerprint density at radius 2 is 2.06 bits per heavy atom. The number of carbonyl (C=O) groups is 2. The van der Waals surface area contributed by atoms with Crippen molar-refractivity contribution in [1.82, 2.24) is 10.2 Å². The van der Waals surface area contributed by atoms with Crippen LogP contribution in [0.15, 0.2) is 0 Å². The lowest BCUT2D eigenvalue weighted by Gasteiger charge is -2.34. The lowest BCUT2D eigenvalue weighted by molar-refractivity contribution is -0.143. The molecule has 2 bridgehead atoms. The Morgan fingerprint density at radius 3 is 2.67 bits per heavy atom. The minimum absolute atomic E-state index is 0. The molecule has 3 fully saturated rings. The van der Waals surface area contributed by atoms with Crippen LogP contribution in [0.5, 0.6) is 0 Å². The van der Waals surface area contributed by atoms with E-state index in [9.17, 15) is 9.59 Å². The van der Waals surface area contributed by atoms with Gasteiger partial charge in [0.1, 0.15) is 0 Å². The van der Waals surface area contributed by atoms with Crippen LogP contribution in [-0.4, -0.2) is 42.4 Å². The monoisotopic (exact) mass is 273 g/mol. The molecule has 3 N–H and O–H groups in total. The summed E-state index contributed by atoms with van der Waals surface area (Å²) < 4.78 is 0. The predicted octanol–water partition coefficient (Wildman–Crippen LogP) is -0.260. The number of hydrogen-bond donors (Lipinski definition) is 2. The van der Waals surface area contributed by atoms with E-state index in [1.54, 1.807) is 4.90 Å². The molecule has 1 saturated heterocycles. The molecule has 6 heteroatoms. The Kier molecular flexibility index (Phi) is 3.82. The molecule has 3 rings (SSSR count). The summed E-state index contributed by atoms with van der Waals surface area (Å²) in [7, 11) is 0. The highest BCUT2D eigenvalue weighted by Crippen LogP contribution is 2.48. The van der Waals surface area contributed by atoms with Crippen LogP contribution in [0, 0.1) is 17.8 Å². The van der Waals surface area contributed by atoms with Crippen LogP contribution < -0.4 is 11.1 Å². The van der Waals surface area contributed by atoms with Crippen molar-refractivity contribution in [2.24, 2.45) is 23.5 Å². The largest absolute Gasteiger partial charge is 0.353 e. The lowest BCUT2D eigenvalue weighted by atomic mass is 9.84. The van der Waals surface area contributed by atoms with Crippen LogP contribution in [0.4, 0.5) is 0 Å². The smallest absolute Gasteiger partial charge is 0.239 e. The molecule has 1 heterocycles. The zero-order chi connectivity index (χ0) is 12.0. The van der Waals surface area contributed by atoms with Crippen molar-refractivity contribution >= 4 is 24.2 Å². The molecule has 0 aromatic rings. The Balaban J connectivity index is 0.00000120. The third-order valence-corrected chi connectivity index (χ3v) is 4.62. The topological polar surface area (TPSA) is 75.4 Å². The second kappa shape index (κ2) is 5.05. The molecule has 5 nitrogen and oxygen atoms in total. The minimum Gasteiger partial charge on any atom is -0.353 e. The first-order valence-electron chi connectivity index (χ1n) is 6.48. The summed E-state index contributed by atoms with van der Waals surface area (Å²) >= 11 is 0. The standard InChI is InChI=1S/C12H19N3O2.ClH/c13-11-8-2-1-7(5-8)10(11)12(17)15-4-3-14-9(16)6-15;/h7-8,10-11H,1-6,13H2,(H,14,16);1H. The zero-order valence-electron chi connectivity index (χ0n) is 10.3. The fourth-order valence-corrected chi connectivity index (χ4v) is 3.74. The normalized spacial score (nSPS) is 38.3. The average Bonchev–Trinajstić information content (AvgIpc) is 2.88. The minimum atomic E-state index is -0.0543. The van der Waals surface area contributed by atoms with E-state index in [0.717, 1.165) is 12.8 Å². The van der Waals surface area contributed by atoms with Crippen LogP contribution in [0.3, 0.4) is 0 Å². The molecule has 2 aliphatic carbocycles. The number of carbonyl (C=O) groups excluding carboxylic acids is 2. The van der Waals surface area contributed by atoms with Crippen molar-refractivity contribution in [1.29, 1.82) is 0 Å². The van der Waals surface area contributed by atoms with Crippen LogP contribution in [0.25, 0.3) is 0 Å². The van der Waals surface area contributed by atoms with Gasteiger partial charge in [0, 0.05) is 19.1 Å². The van der Waals surface area contributed by atoms with Gasteiger partial charge in [-0.25, -0.2) is 0 Å². The molecular weight excluding hydrogens is 254 g/mol. The second-order valence-electron chi connectivity index (χ2n) is 5.55. The maximum Gasteiger partial charge on any atom is 0.239 e. The first kappa shape index (κ1) is 13.6. The second-order valence-corrected chi connectivity index (χ2v) is 5.55. The number of hydrogen-bond acceptors (Lipinski definition) is 3. The van der Waals surface area contributed by atoms with Gasteiger partial charge < -0.3 is 16.0 Å². The summed E-state index contributed by atoms with van der Waals surface area (Å²) in [6, 6.07) is 0.0197. The molecule has 0 spiro atoms. The SMILES string of the molecule is Cl.NC1C2CCC(C2)C1C(=O)N1CCNC(=O)C1. The van der Waals surface area contributed by atoms with Gasteiger partial charge in [-0.05, 0) is 31.1 Å². The van der Waals surface area contributed by atoms with Gasteiger partial charge in [0.2, 0.25) is 11.8 Å². The van der Waals surface area contributed by atoms with Gasteiger partial charge in [-0.15, -0.1) is 12.4 Å². The first-order valence-corrected chi connectivity index (χ1v) is 6.48. The molecule has 4 unspecified atom stereocenters. The molecule has 2 saturated carbocycles. The first-order chi connectivity index (χ1) is 8.16. The van der Waals surface area contributed by atoms with E-state index in [-0.39, 0.29) is 42.7 Å². The van der Waals surface area contributed by atoms with Crippen molar-refractivity contribution in [3.05, 3.63) is 0 Å². The van der Waals surface area contributed by atoms with E-state index in [4.69, 9.17) is 5.73 Å². The molecule has 3 aliphatic rings. The van der Waals surface area contributed by atoms with E-state index in [2.05, 4.69) is 5.32 Å². The molecular formula is C12H20ClN3O2.